The van der Waals surface area contributed by atoms with Crippen LogP contribution >= 0.6 is 0 Å². The zero-order valence-corrected chi connectivity index (χ0v) is 21.2. The van der Waals surface area contributed by atoms with E-state index in [1.165, 1.54) is 19.3 Å². The maximum absolute atomic E-state index is 11.6. The second-order valence-electron chi connectivity index (χ2n) is 13.3. The van der Waals surface area contributed by atoms with Crippen molar-refractivity contribution >= 4 is 0 Å². The monoisotopic (exact) mass is 448 g/mol. The Labute approximate surface area is 195 Å². The average Bonchev–Trinajstić information content (AvgIpc) is 3.05. The Hall–Kier alpha value is -0.420. The first-order valence-corrected chi connectivity index (χ1v) is 13.2. The van der Waals surface area contributed by atoms with E-state index in [9.17, 15) is 20.4 Å². The SMILES string of the molecule is C[C@H](/C=C/[C@H](C)C(C)(C)O)C1CCC2C3C[C@@H](O)[C@@]4(O)C[C@@H](O)CCC4(C)C3CCC21C. The lowest BCUT2D eigenvalue weighted by Gasteiger charge is -2.65. The van der Waals surface area contributed by atoms with Gasteiger partial charge < -0.3 is 20.4 Å². The van der Waals surface area contributed by atoms with Crippen LogP contribution in [0.5, 0.6) is 0 Å². The lowest BCUT2D eigenvalue weighted by molar-refractivity contribution is -0.264. The smallest absolute Gasteiger partial charge is 0.0985 e. The molecule has 0 spiro atoms. The number of aliphatic hydroxyl groups is 4. The highest BCUT2D eigenvalue weighted by atomic mass is 16.3. The average molecular weight is 449 g/mol. The van der Waals surface area contributed by atoms with Crippen LogP contribution in [-0.2, 0) is 0 Å². The molecule has 0 radical (unpaired) electrons. The molecule has 0 aromatic carbocycles. The Balaban J connectivity index is 1.56. The molecule has 11 atom stereocenters. The van der Waals surface area contributed by atoms with Crippen molar-refractivity contribution in [2.75, 3.05) is 0 Å². The third-order valence-electron chi connectivity index (χ3n) is 11.4. The summed E-state index contributed by atoms with van der Waals surface area (Å²) in [5.74, 6) is 2.70. The van der Waals surface area contributed by atoms with E-state index >= 15 is 0 Å². The molecule has 4 aliphatic rings. The summed E-state index contributed by atoms with van der Waals surface area (Å²) in [5.41, 5.74) is -1.89. The topological polar surface area (TPSA) is 80.9 Å². The summed E-state index contributed by atoms with van der Waals surface area (Å²) in [5, 5.41) is 43.4. The summed E-state index contributed by atoms with van der Waals surface area (Å²) >= 11 is 0. The van der Waals surface area contributed by atoms with E-state index in [0.717, 1.165) is 19.3 Å². The first kappa shape index (κ1) is 24.7. The molecule has 0 amide bonds. The number of hydrogen-bond acceptors (Lipinski definition) is 4. The molecule has 4 heteroatoms. The number of fused-ring (bicyclic) bond motifs is 5. The quantitative estimate of drug-likeness (QED) is 0.470. The Morgan fingerprint density at radius 1 is 0.938 bits per heavy atom. The summed E-state index contributed by atoms with van der Waals surface area (Å²) < 4.78 is 0. The molecule has 0 bridgehead atoms. The molecular weight excluding hydrogens is 400 g/mol. The summed E-state index contributed by atoms with van der Waals surface area (Å²) in [6.45, 7) is 12.9. The molecule has 0 saturated heterocycles. The molecule has 0 aromatic rings. The second-order valence-corrected chi connectivity index (χ2v) is 13.3. The lowest BCUT2D eigenvalue weighted by atomic mass is 9.42. The van der Waals surface area contributed by atoms with Crippen LogP contribution in [0.2, 0.25) is 0 Å². The van der Waals surface area contributed by atoms with Gasteiger partial charge in [0.1, 0.15) is 0 Å². The molecule has 4 saturated carbocycles. The van der Waals surface area contributed by atoms with Crippen molar-refractivity contribution in [3.8, 4) is 0 Å². The van der Waals surface area contributed by atoms with Crippen LogP contribution in [0.4, 0.5) is 0 Å². The molecule has 4 aliphatic carbocycles. The van der Waals surface area contributed by atoms with E-state index in [0.29, 0.717) is 42.4 Å². The fourth-order valence-corrected chi connectivity index (χ4v) is 8.88. The molecule has 0 heterocycles. The minimum Gasteiger partial charge on any atom is -0.393 e. The van der Waals surface area contributed by atoms with Gasteiger partial charge >= 0.3 is 0 Å². The molecule has 4 nitrogen and oxygen atoms in total. The maximum Gasteiger partial charge on any atom is 0.0985 e. The lowest BCUT2D eigenvalue weighted by Crippen LogP contribution is -2.68. The normalized spacial score (nSPS) is 51.1. The van der Waals surface area contributed by atoms with E-state index in [-0.39, 0.29) is 16.7 Å². The second kappa shape index (κ2) is 8.07. The molecule has 4 rings (SSSR count). The molecule has 184 valence electrons. The van der Waals surface area contributed by atoms with Gasteiger partial charge in [0.2, 0.25) is 0 Å². The predicted octanol–water partition coefficient (Wildman–Crippen LogP) is 4.69. The van der Waals surface area contributed by atoms with Crippen molar-refractivity contribution in [3.63, 3.8) is 0 Å². The van der Waals surface area contributed by atoms with Gasteiger partial charge in [0.15, 0.2) is 0 Å². The van der Waals surface area contributed by atoms with E-state index in [2.05, 4.69) is 39.8 Å². The molecule has 4 N–H and O–H groups in total. The van der Waals surface area contributed by atoms with Crippen molar-refractivity contribution in [1.82, 2.24) is 0 Å². The van der Waals surface area contributed by atoms with Crippen LogP contribution in [0.1, 0.15) is 92.9 Å². The highest BCUT2D eigenvalue weighted by Gasteiger charge is 2.67. The van der Waals surface area contributed by atoms with E-state index < -0.39 is 23.4 Å². The Kier molecular flexibility index (Phi) is 6.23. The Morgan fingerprint density at radius 2 is 1.62 bits per heavy atom. The standard InChI is InChI=1S/C28H48O4/c1-17(7-8-18(2)25(3,4)31)21-9-10-22-20-15-24(30)28(32)16-19(29)11-14-27(28,6)23(20)12-13-26(21,22)5/h7-8,17-24,29-32H,9-16H2,1-6H3/b8-7+/t17-,18+,19+,20?,21?,22?,23?,24-,26?,27?,28+/m1/s1. The first-order valence-electron chi connectivity index (χ1n) is 13.2. The van der Waals surface area contributed by atoms with Crippen LogP contribution in [0.3, 0.4) is 0 Å². The zero-order chi connectivity index (χ0) is 23.7. The van der Waals surface area contributed by atoms with E-state index in [1.807, 2.05) is 13.8 Å². The predicted molar refractivity (Wildman–Crippen MR) is 128 cm³/mol. The van der Waals surface area contributed by atoms with Crippen molar-refractivity contribution in [2.45, 2.75) is 116 Å². The molecular formula is C28H48O4. The van der Waals surface area contributed by atoms with Crippen molar-refractivity contribution in [2.24, 2.45) is 46.3 Å². The minimum absolute atomic E-state index is 0.124. The van der Waals surface area contributed by atoms with Crippen molar-refractivity contribution < 1.29 is 20.4 Å². The number of aliphatic hydroxyl groups excluding tert-OH is 2. The summed E-state index contributed by atoms with van der Waals surface area (Å²) in [4.78, 5) is 0. The van der Waals surface area contributed by atoms with Gasteiger partial charge in [0, 0.05) is 17.8 Å². The molecule has 0 aliphatic heterocycles. The fraction of sp³-hybridized carbons (Fsp3) is 0.929. The van der Waals surface area contributed by atoms with Crippen LogP contribution in [0.25, 0.3) is 0 Å². The van der Waals surface area contributed by atoms with Crippen molar-refractivity contribution in [1.29, 1.82) is 0 Å². The highest BCUT2D eigenvalue weighted by molar-refractivity contribution is 5.17. The van der Waals surface area contributed by atoms with Crippen LogP contribution in [0, 0.1) is 46.3 Å². The molecule has 0 aromatic heterocycles. The van der Waals surface area contributed by atoms with E-state index in [1.54, 1.807) is 0 Å². The van der Waals surface area contributed by atoms with Gasteiger partial charge in [-0.15, -0.1) is 0 Å². The first-order chi connectivity index (χ1) is 14.7. The minimum atomic E-state index is -1.15. The van der Waals surface area contributed by atoms with E-state index in [4.69, 9.17) is 0 Å². The van der Waals surface area contributed by atoms with Gasteiger partial charge in [-0.2, -0.15) is 0 Å². The molecule has 6 unspecified atom stereocenters. The fourth-order valence-electron chi connectivity index (χ4n) is 8.88. The zero-order valence-electron chi connectivity index (χ0n) is 21.2. The summed E-state index contributed by atoms with van der Waals surface area (Å²) in [6, 6.07) is 0. The molecule has 32 heavy (non-hydrogen) atoms. The summed E-state index contributed by atoms with van der Waals surface area (Å²) in [6.07, 6.45) is 10.6. The summed E-state index contributed by atoms with van der Waals surface area (Å²) in [7, 11) is 0. The van der Waals surface area contributed by atoms with Crippen molar-refractivity contribution in [3.05, 3.63) is 12.2 Å². The largest absolute Gasteiger partial charge is 0.393 e. The van der Waals surface area contributed by atoms with Crippen LogP contribution in [0.15, 0.2) is 12.2 Å². The highest BCUT2D eigenvalue weighted by Crippen LogP contribution is 2.69. The Bertz CT molecular complexity index is 727. The number of hydrogen-bond donors (Lipinski definition) is 4. The maximum atomic E-state index is 11.6. The Morgan fingerprint density at radius 3 is 2.28 bits per heavy atom. The third-order valence-corrected chi connectivity index (χ3v) is 11.4. The molecule has 4 fully saturated rings. The number of allylic oxidation sites excluding steroid dienone is 1. The third kappa shape index (κ3) is 3.63. The van der Waals surface area contributed by atoms with Crippen LogP contribution < -0.4 is 0 Å². The van der Waals surface area contributed by atoms with Gasteiger partial charge in [0.05, 0.1) is 23.4 Å². The van der Waals surface area contributed by atoms with Gasteiger partial charge in [-0.1, -0.05) is 39.8 Å². The van der Waals surface area contributed by atoms with Gasteiger partial charge in [-0.3, -0.25) is 0 Å². The van der Waals surface area contributed by atoms with Gasteiger partial charge in [0.25, 0.3) is 0 Å². The number of rotatable bonds is 4. The van der Waals surface area contributed by atoms with Gasteiger partial charge in [-0.05, 0) is 93.8 Å². The van der Waals surface area contributed by atoms with Crippen LogP contribution in [-0.4, -0.2) is 43.8 Å². The van der Waals surface area contributed by atoms with Gasteiger partial charge in [-0.25, -0.2) is 0 Å².